The topological polar surface area (TPSA) is 26.1 Å². The minimum atomic E-state index is 0.588. The second kappa shape index (κ2) is 5.68. The van der Waals surface area contributed by atoms with Crippen LogP contribution in [0.15, 0.2) is 48.5 Å². The Morgan fingerprint density at radius 2 is 1.90 bits per heavy atom. The Bertz CT molecular complexity index is 579. The lowest BCUT2D eigenvalue weighted by Crippen LogP contribution is -2.36. The molecule has 0 spiro atoms. The van der Waals surface area contributed by atoms with Crippen LogP contribution < -0.4 is 0 Å². The molecule has 0 heterocycles. The van der Waals surface area contributed by atoms with E-state index in [9.17, 15) is 0 Å². The first-order valence-corrected chi connectivity index (χ1v) is 7.30. The average Bonchev–Trinajstić information content (AvgIpc) is 2.48. The summed E-state index contributed by atoms with van der Waals surface area (Å²) < 4.78 is 0. The zero-order valence-corrected chi connectivity index (χ0v) is 12.0. The van der Waals surface area contributed by atoms with Gasteiger partial charge in [0.2, 0.25) is 0 Å². The van der Waals surface area contributed by atoms with Gasteiger partial charge in [0, 0.05) is 18.7 Å². The van der Waals surface area contributed by atoms with Crippen LogP contribution in [0.25, 0.3) is 0 Å². The highest BCUT2D eigenvalue weighted by Gasteiger charge is 2.24. The fourth-order valence-electron chi connectivity index (χ4n) is 3.16. The van der Waals surface area contributed by atoms with E-state index in [0.717, 1.165) is 25.8 Å². The third-order valence-electron chi connectivity index (χ3n) is 4.35. The molecule has 2 nitrogen and oxygen atoms in total. The second-order valence-corrected chi connectivity index (χ2v) is 5.74. The molecule has 1 aliphatic carbocycles. The van der Waals surface area contributed by atoms with Gasteiger partial charge in [-0.2, -0.15) is 0 Å². The van der Waals surface area contributed by atoms with Gasteiger partial charge in [-0.15, -0.1) is 0 Å². The molecule has 104 valence electrons. The van der Waals surface area contributed by atoms with Gasteiger partial charge in [-0.25, -0.2) is 0 Å². The fraction of sp³-hybridized carbons (Fsp3) is 0.333. The Kier molecular flexibility index (Phi) is 3.75. The van der Waals surface area contributed by atoms with Gasteiger partial charge >= 0.3 is 0 Å². The van der Waals surface area contributed by atoms with Crippen LogP contribution in [0, 0.1) is 0 Å². The van der Waals surface area contributed by atoms with Crippen molar-refractivity contribution in [1.82, 2.24) is 4.90 Å². The van der Waals surface area contributed by atoms with Gasteiger partial charge in [0.05, 0.1) is 5.56 Å². The number of nitrogens with zero attached hydrogens (tertiary/aromatic N) is 1. The smallest absolute Gasteiger partial charge is 0.257 e. The van der Waals surface area contributed by atoms with Crippen molar-refractivity contribution in [1.29, 1.82) is 0 Å². The largest absolute Gasteiger partial charge is 0.593 e. The second-order valence-electron chi connectivity index (χ2n) is 5.74. The molecular weight excluding hydrogens is 246 g/mol. The molecule has 2 aromatic rings. The lowest BCUT2D eigenvalue weighted by molar-refractivity contribution is 0.213. The van der Waals surface area contributed by atoms with Crippen molar-refractivity contribution < 1.29 is 5.11 Å². The minimum absolute atomic E-state index is 0.588. The van der Waals surface area contributed by atoms with Crippen molar-refractivity contribution in [3.8, 4) is 5.75 Å². The van der Waals surface area contributed by atoms with Crippen LogP contribution in [-0.2, 0) is 19.4 Å². The molecule has 0 amide bonds. The summed E-state index contributed by atoms with van der Waals surface area (Å²) in [6.07, 6.45) is 3.27. The molecule has 0 unspecified atom stereocenters. The van der Waals surface area contributed by atoms with Crippen LogP contribution in [0.3, 0.4) is 0 Å². The van der Waals surface area contributed by atoms with Gasteiger partial charge in [0.1, 0.15) is 0 Å². The van der Waals surface area contributed by atoms with Crippen LogP contribution >= 0.6 is 0 Å². The summed E-state index contributed by atoms with van der Waals surface area (Å²) >= 11 is 0. The molecular formula is C18H22NO+. The third-order valence-corrected chi connectivity index (χ3v) is 4.35. The zero-order chi connectivity index (χ0) is 13.9. The molecule has 0 radical (unpaired) electrons. The number of hydrogen-bond acceptors (Lipinski definition) is 1. The molecule has 0 aliphatic heterocycles. The summed E-state index contributed by atoms with van der Waals surface area (Å²) in [5.41, 5.74) is 4.00. The Hall–Kier alpha value is -1.80. The summed E-state index contributed by atoms with van der Waals surface area (Å²) in [4.78, 5) is 2.45. The van der Waals surface area contributed by atoms with Gasteiger partial charge in [0.25, 0.3) is 5.75 Å². The van der Waals surface area contributed by atoms with Gasteiger partial charge in [-0.1, -0.05) is 42.5 Å². The lowest BCUT2D eigenvalue weighted by Gasteiger charge is -2.32. The quantitative estimate of drug-likeness (QED) is 0.785. The molecule has 2 heteroatoms. The molecule has 1 atom stereocenters. The minimum Gasteiger partial charge on any atom is -0.593 e. The Balaban J connectivity index is 1.70. The lowest BCUT2D eigenvalue weighted by atomic mass is 9.87. The number of rotatable bonds is 3. The highest BCUT2D eigenvalue weighted by atomic mass is 16.3. The van der Waals surface area contributed by atoms with E-state index in [0.29, 0.717) is 11.8 Å². The molecule has 1 aliphatic rings. The van der Waals surface area contributed by atoms with E-state index in [1.54, 1.807) is 0 Å². The maximum absolute atomic E-state index is 7.99. The molecule has 0 saturated carbocycles. The Morgan fingerprint density at radius 3 is 2.70 bits per heavy atom. The summed E-state index contributed by atoms with van der Waals surface area (Å²) in [7, 11) is 2.22. The van der Waals surface area contributed by atoms with Crippen molar-refractivity contribution in [2.24, 2.45) is 0 Å². The van der Waals surface area contributed by atoms with Crippen molar-refractivity contribution in [3.63, 3.8) is 0 Å². The SMILES string of the molecule is CN(Cc1ccccc1)[C@H]1CCc2c([OH2+])cccc2C1. The van der Waals surface area contributed by atoms with E-state index in [1.807, 2.05) is 12.1 Å². The van der Waals surface area contributed by atoms with E-state index in [-0.39, 0.29) is 0 Å². The molecule has 2 aromatic carbocycles. The van der Waals surface area contributed by atoms with Crippen molar-refractivity contribution in [2.45, 2.75) is 31.8 Å². The summed E-state index contributed by atoms with van der Waals surface area (Å²) in [6, 6.07) is 17.4. The van der Waals surface area contributed by atoms with Crippen LogP contribution in [0.1, 0.15) is 23.1 Å². The molecule has 0 fully saturated rings. The summed E-state index contributed by atoms with van der Waals surface area (Å²) in [6.45, 7) is 1.00. The van der Waals surface area contributed by atoms with Crippen molar-refractivity contribution in [2.75, 3.05) is 7.05 Å². The highest BCUT2D eigenvalue weighted by Crippen LogP contribution is 2.30. The summed E-state index contributed by atoms with van der Waals surface area (Å²) in [5.74, 6) is 0.715. The molecule has 0 bridgehead atoms. The Morgan fingerprint density at radius 1 is 1.10 bits per heavy atom. The predicted octanol–water partition coefficient (Wildman–Crippen LogP) is 3.11. The maximum atomic E-state index is 7.99. The van der Waals surface area contributed by atoms with Crippen LogP contribution in [0.2, 0.25) is 0 Å². The zero-order valence-electron chi connectivity index (χ0n) is 12.0. The highest BCUT2D eigenvalue weighted by molar-refractivity contribution is 5.41. The molecule has 0 aromatic heterocycles. The molecule has 3 rings (SSSR count). The summed E-state index contributed by atoms with van der Waals surface area (Å²) in [5, 5.41) is 7.99. The first-order chi connectivity index (χ1) is 9.74. The first-order valence-electron chi connectivity index (χ1n) is 7.30. The van der Waals surface area contributed by atoms with E-state index in [4.69, 9.17) is 5.11 Å². The standard InChI is InChI=1S/C18H21NO/c1-19(13-14-6-3-2-4-7-14)16-10-11-17-15(12-16)8-5-9-18(17)20/h2-9,16,20H,10-13H2,1H3/p+1/t16-/m0/s1. The van der Waals surface area contributed by atoms with E-state index >= 15 is 0 Å². The average molecular weight is 268 g/mol. The number of fused-ring (bicyclic) bond motifs is 1. The first kappa shape index (κ1) is 13.2. The van der Waals surface area contributed by atoms with Gasteiger partial charge in [-0.3, -0.25) is 4.90 Å². The van der Waals surface area contributed by atoms with Gasteiger partial charge < -0.3 is 5.11 Å². The third kappa shape index (κ3) is 2.70. The Labute approximate surface area is 120 Å². The van der Waals surface area contributed by atoms with Crippen molar-refractivity contribution in [3.05, 3.63) is 65.2 Å². The monoisotopic (exact) mass is 268 g/mol. The van der Waals surface area contributed by atoms with Gasteiger partial charge in [0.15, 0.2) is 0 Å². The molecule has 20 heavy (non-hydrogen) atoms. The van der Waals surface area contributed by atoms with E-state index in [2.05, 4.69) is 48.3 Å². The maximum Gasteiger partial charge on any atom is 0.257 e. The van der Waals surface area contributed by atoms with Crippen LogP contribution in [-0.4, -0.2) is 23.1 Å². The predicted molar refractivity (Wildman–Crippen MR) is 83.2 cm³/mol. The number of benzene rings is 2. The normalized spacial score (nSPS) is 18.0. The fourth-order valence-corrected chi connectivity index (χ4v) is 3.16. The van der Waals surface area contributed by atoms with Crippen LogP contribution in [0.4, 0.5) is 0 Å². The van der Waals surface area contributed by atoms with Crippen LogP contribution in [0.5, 0.6) is 5.75 Å². The van der Waals surface area contributed by atoms with E-state index in [1.165, 1.54) is 16.7 Å². The molecule has 0 saturated heterocycles. The number of hydrogen-bond donors (Lipinski definition) is 0. The van der Waals surface area contributed by atoms with E-state index < -0.39 is 0 Å². The molecule has 2 N–H and O–H groups in total. The van der Waals surface area contributed by atoms with Gasteiger partial charge in [-0.05, 0) is 37.4 Å². The number of likely N-dealkylation sites (N-methyl/N-ethyl adjacent to an activating group) is 1. The van der Waals surface area contributed by atoms with Crippen molar-refractivity contribution >= 4 is 0 Å².